The standard InChI is InChI=1S/C30H32BrF2N7O2/c1-17-23(19(3)38(4)36-17)15-29(41)39-11-9-20(10-12-39)30(42)34-22-6-8-26(32)24(14-22)28-16-40(37-35-28)18(2)21-5-7-27(33)25(31)13-21/h5-8,13-14,16,18,20H,9-12,15H2,1-4H3,(H,34,42)/t18-/m0/s1. The van der Waals surface area contributed by atoms with Gasteiger partial charge >= 0.3 is 0 Å². The first-order chi connectivity index (χ1) is 20.0. The number of piperidine rings is 1. The first-order valence-electron chi connectivity index (χ1n) is 13.8. The number of carbonyl (C=O) groups excluding carboxylic acids is 2. The van der Waals surface area contributed by atoms with Crippen molar-refractivity contribution < 1.29 is 18.4 Å². The van der Waals surface area contributed by atoms with Gasteiger partial charge in [-0.2, -0.15) is 5.10 Å². The van der Waals surface area contributed by atoms with E-state index in [2.05, 4.69) is 36.7 Å². The van der Waals surface area contributed by atoms with E-state index in [0.29, 0.717) is 48.2 Å². The third kappa shape index (κ3) is 6.13. The van der Waals surface area contributed by atoms with E-state index in [-0.39, 0.29) is 35.2 Å². The fourth-order valence-corrected chi connectivity index (χ4v) is 5.68. The number of aryl methyl sites for hydroxylation is 2. The highest BCUT2D eigenvalue weighted by Crippen LogP contribution is 2.28. The molecule has 2 aromatic heterocycles. The van der Waals surface area contributed by atoms with Crippen molar-refractivity contribution in [2.24, 2.45) is 13.0 Å². The lowest BCUT2D eigenvalue weighted by Gasteiger charge is -2.31. The van der Waals surface area contributed by atoms with E-state index < -0.39 is 5.82 Å². The number of benzene rings is 2. The van der Waals surface area contributed by atoms with Crippen molar-refractivity contribution in [3.63, 3.8) is 0 Å². The van der Waals surface area contributed by atoms with Gasteiger partial charge in [0.15, 0.2) is 0 Å². The summed E-state index contributed by atoms with van der Waals surface area (Å²) in [5, 5.41) is 15.6. The summed E-state index contributed by atoms with van der Waals surface area (Å²) in [6.45, 7) is 6.73. The number of nitrogens with one attached hydrogen (secondary N) is 1. The highest BCUT2D eigenvalue weighted by molar-refractivity contribution is 9.10. The Morgan fingerprint density at radius 2 is 1.81 bits per heavy atom. The Bertz CT molecular complexity index is 1640. The summed E-state index contributed by atoms with van der Waals surface area (Å²) in [5.74, 6) is -1.26. The van der Waals surface area contributed by atoms with Crippen LogP contribution in [0.5, 0.6) is 0 Å². The van der Waals surface area contributed by atoms with Crippen molar-refractivity contribution in [1.82, 2.24) is 29.7 Å². The van der Waals surface area contributed by atoms with E-state index >= 15 is 0 Å². The van der Waals surface area contributed by atoms with Crippen LogP contribution in [-0.4, -0.2) is 54.6 Å². The molecular weight excluding hydrogens is 608 g/mol. The van der Waals surface area contributed by atoms with E-state index in [9.17, 15) is 18.4 Å². The number of carbonyl (C=O) groups is 2. The van der Waals surface area contributed by atoms with Crippen molar-refractivity contribution >= 4 is 33.4 Å². The molecule has 1 N–H and O–H groups in total. The monoisotopic (exact) mass is 639 g/mol. The van der Waals surface area contributed by atoms with Crippen LogP contribution in [0.25, 0.3) is 11.3 Å². The van der Waals surface area contributed by atoms with Crippen LogP contribution in [-0.2, 0) is 23.1 Å². The maximum atomic E-state index is 14.8. The Morgan fingerprint density at radius 1 is 1.10 bits per heavy atom. The number of hydrogen-bond acceptors (Lipinski definition) is 5. The molecule has 0 aliphatic carbocycles. The lowest BCUT2D eigenvalue weighted by atomic mass is 9.95. The van der Waals surface area contributed by atoms with Crippen LogP contribution in [0.15, 0.2) is 47.1 Å². The molecule has 220 valence electrons. The third-order valence-corrected chi connectivity index (χ3v) is 8.66. The molecule has 1 fully saturated rings. The molecule has 1 aliphatic rings. The van der Waals surface area contributed by atoms with E-state index in [0.717, 1.165) is 22.5 Å². The Labute approximate surface area is 251 Å². The van der Waals surface area contributed by atoms with E-state index in [4.69, 9.17) is 0 Å². The summed E-state index contributed by atoms with van der Waals surface area (Å²) in [5.41, 5.74) is 4.54. The number of rotatable bonds is 7. The number of hydrogen-bond donors (Lipinski definition) is 1. The topological polar surface area (TPSA) is 97.9 Å². The van der Waals surface area contributed by atoms with Crippen molar-refractivity contribution in [3.05, 3.63) is 81.2 Å². The molecule has 0 bridgehead atoms. The molecule has 1 aliphatic heterocycles. The summed E-state index contributed by atoms with van der Waals surface area (Å²) >= 11 is 3.20. The third-order valence-electron chi connectivity index (χ3n) is 8.05. The molecule has 42 heavy (non-hydrogen) atoms. The largest absolute Gasteiger partial charge is 0.342 e. The summed E-state index contributed by atoms with van der Waals surface area (Å²) in [7, 11) is 1.86. The molecule has 1 saturated heterocycles. The maximum absolute atomic E-state index is 14.8. The zero-order valence-electron chi connectivity index (χ0n) is 23.9. The normalized spacial score (nSPS) is 14.7. The summed E-state index contributed by atoms with van der Waals surface area (Å²) < 4.78 is 32.2. The van der Waals surface area contributed by atoms with Gasteiger partial charge in [0, 0.05) is 48.6 Å². The van der Waals surface area contributed by atoms with Crippen molar-refractivity contribution in [2.45, 2.75) is 46.1 Å². The lowest BCUT2D eigenvalue weighted by Crippen LogP contribution is -2.42. The molecular formula is C30H32BrF2N7O2. The highest BCUT2D eigenvalue weighted by atomic mass is 79.9. The van der Waals surface area contributed by atoms with Crippen molar-refractivity contribution in [3.8, 4) is 11.3 Å². The van der Waals surface area contributed by atoms with Crippen LogP contribution in [0, 0.1) is 31.4 Å². The minimum Gasteiger partial charge on any atom is -0.342 e. The molecule has 5 rings (SSSR count). The van der Waals surface area contributed by atoms with Crippen LogP contribution in [0.3, 0.4) is 0 Å². The van der Waals surface area contributed by atoms with Gasteiger partial charge in [-0.15, -0.1) is 5.10 Å². The van der Waals surface area contributed by atoms with Gasteiger partial charge in [0.1, 0.15) is 17.3 Å². The minimum absolute atomic E-state index is 0.0330. The summed E-state index contributed by atoms with van der Waals surface area (Å²) in [4.78, 5) is 27.8. The van der Waals surface area contributed by atoms with Crippen LogP contribution in [0.2, 0.25) is 0 Å². The molecule has 0 spiro atoms. The van der Waals surface area contributed by atoms with Crippen molar-refractivity contribution in [1.29, 1.82) is 0 Å². The first kappa shape index (κ1) is 29.6. The molecule has 4 aromatic rings. The second-order valence-electron chi connectivity index (χ2n) is 10.7. The van der Waals surface area contributed by atoms with Gasteiger partial charge in [-0.1, -0.05) is 11.3 Å². The zero-order chi connectivity index (χ0) is 30.1. The summed E-state index contributed by atoms with van der Waals surface area (Å²) in [6.07, 6.45) is 3.00. The molecule has 0 radical (unpaired) electrons. The zero-order valence-corrected chi connectivity index (χ0v) is 25.5. The maximum Gasteiger partial charge on any atom is 0.227 e. The minimum atomic E-state index is -0.497. The second kappa shape index (κ2) is 12.1. The van der Waals surface area contributed by atoms with E-state index in [1.807, 2.05) is 27.8 Å². The SMILES string of the molecule is Cc1nn(C)c(C)c1CC(=O)N1CCC(C(=O)Nc2ccc(F)c(-c3cn([C@@H](C)c4ccc(F)c(Br)c4)nn3)c2)CC1. The van der Waals surface area contributed by atoms with Crippen LogP contribution < -0.4 is 5.32 Å². The summed E-state index contributed by atoms with van der Waals surface area (Å²) in [6, 6.07) is 8.76. The number of anilines is 1. The average Bonchev–Trinajstić information content (AvgIpc) is 3.55. The van der Waals surface area contributed by atoms with Crippen molar-refractivity contribution in [2.75, 3.05) is 18.4 Å². The second-order valence-corrected chi connectivity index (χ2v) is 11.6. The number of nitrogens with zero attached hydrogens (tertiary/aromatic N) is 6. The number of halogens is 3. The molecule has 0 saturated carbocycles. The fraction of sp³-hybridized carbons (Fsp3) is 0.367. The smallest absolute Gasteiger partial charge is 0.227 e. The highest BCUT2D eigenvalue weighted by Gasteiger charge is 2.28. The van der Waals surface area contributed by atoms with E-state index in [1.165, 1.54) is 24.3 Å². The molecule has 2 aromatic carbocycles. The van der Waals surface area contributed by atoms with Gasteiger partial charge in [-0.25, -0.2) is 13.5 Å². The van der Waals surface area contributed by atoms with Crippen LogP contribution in [0.1, 0.15) is 48.3 Å². The quantitative estimate of drug-likeness (QED) is 0.293. The number of likely N-dealkylation sites (tertiary alicyclic amines) is 1. The van der Waals surface area contributed by atoms with Crippen LogP contribution in [0.4, 0.5) is 14.5 Å². The Morgan fingerprint density at radius 3 is 2.48 bits per heavy atom. The molecule has 3 heterocycles. The average molecular weight is 641 g/mol. The number of amides is 2. The van der Waals surface area contributed by atoms with Crippen LogP contribution >= 0.6 is 15.9 Å². The first-order valence-corrected chi connectivity index (χ1v) is 14.6. The van der Waals surface area contributed by atoms with Gasteiger partial charge in [0.05, 0.1) is 28.8 Å². The molecule has 9 nitrogen and oxygen atoms in total. The Hall–Kier alpha value is -3.93. The molecule has 0 unspecified atom stereocenters. The Kier molecular flexibility index (Phi) is 8.53. The van der Waals surface area contributed by atoms with E-state index in [1.54, 1.807) is 32.6 Å². The number of aromatic nitrogens is 5. The Balaban J connectivity index is 1.21. The lowest BCUT2D eigenvalue weighted by molar-refractivity contribution is -0.133. The van der Waals surface area contributed by atoms with Gasteiger partial charge in [-0.05, 0) is 85.4 Å². The molecule has 12 heteroatoms. The van der Waals surface area contributed by atoms with Gasteiger partial charge in [-0.3, -0.25) is 14.3 Å². The predicted molar refractivity (Wildman–Crippen MR) is 158 cm³/mol. The van der Waals surface area contributed by atoms with Gasteiger partial charge < -0.3 is 10.2 Å². The molecule has 2 amide bonds. The fourth-order valence-electron chi connectivity index (χ4n) is 5.29. The molecule has 1 atom stereocenters. The predicted octanol–water partition coefficient (Wildman–Crippen LogP) is 5.37. The van der Waals surface area contributed by atoms with Gasteiger partial charge in [0.25, 0.3) is 0 Å². The van der Waals surface area contributed by atoms with Gasteiger partial charge in [0.2, 0.25) is 11.8 Å².